The fourth-order valence-corrected chi connectivity index (χ4v) is 3.05. The number of benzene rings is 1. The summed E-state index contributed by atoms with van der Waals surface area (Å²) in [7, 11) is 0. The first-order chi connectivity index (χ1) is 7.53. The van der Waals surface area contributed by atoms with Gasteiger partial charge >= 0.3 is 6.18 Å². The van der Waals surface area contributed by atoms with E-state index in [9.17, 15) is 13.2 Å². The molecule has 0 bridgehead atoms. The second kappa shape index (κ2) is 2.97. The molecule has 84 valence electrons. The SMILES string of the molecule is FC(F)(F)C1(c2nc3ccccc3s2)CC1. The molecular formula is C11H8F3NS. The smallest absolute Gasteiger partial charge is 0.240 e. The maximum absolute atomic E-state index is 12.9. The van der Waals surface area contributed by atoms with Gasteiger partial charge in [-0.15, -0.1) is 11.3 Å². The van der Waals surface area contributed by atoms with Gasteiger partial charge in [0.25, 0.3) is 0 Å². The summed E-state index contributed by atoms with van der Waals surface area (Å²) >= 11 is 1.16. The molecule has 1 heterocycles. The monoisotopic (exact) mass is 243 g/mol. The lowest BCUT2D eigenvalue weighted by Crippen LogP contribution is -2.28. The first kappa shape index (κ1) is 10.1. The Morgan fingerprint density at radius 2 is 1.88 bits per heavy atom. The summed E-state index contributed by atoms with van der Waals surface area (Å²) in [5, 5.41) is 0.223. The Kier molecular flexibility index (Phi) is 1.87. The number of aromatic nitrogens is 1. The number of thiazole rings is 1. The zero-order valence-electron chi connectivity index (χ0n) is 8.21. The summed E-state index contributed by atoms with van der Waals surface area (Å²) in [5.41, 5.74) is -0.977. The lowest BCUT2D eigenvalue weighted by atomic mass is 10.1. The van der Waals surface area contributed by atoms with Crippen molar-refractivity contribution in [1.29, 1.82) is 0 Å². The Balaban J connectivity index is 2.14. The van der Waals surface area contributed by atoms with Crippen LogP contribution >= 0.6 is 11.3 Å². The highest BCUT2D eigenvalue weighted by atomic mass is 32.1. The van der Waals surface area contributed by atoms with Crippen LogP contribution in [0, 0.1) is 0 Å². The lowest BCUT2D eigenvalue weighted by Gasteiger charge is -2.15. The summed E-state index contributed by atoms with van der Waals surface area (Å²) in [4.78, 5) is 4.11. The minimum atomic E-state index is -4.17. The van der Waals surface area contributed by atoms with Crippen molar-refractivity contribution in [3.8, 4) is 0 Å². The van der Waals surface area contributed by atoms with Crippen LogP contribution in [0.25, 0.3) is 10.2 Å². The number of fused-ring (bicyclic) bond motifs is 1. The molecule has 1 nitrogen and oxygen atoms in total. The van der Waals surface area contributed by atoms with Gasteiger partial charge in [0.2, 0.25) is 0 Å². The molecule has 3 rings (SSSR count). The zero-order valence-corrected chi connectivity index (χ0v) is 9.03. The van der Waals surface area contributed by atoms with Crippen LogP contribution in [0.4, 0.5) is 13.2 Å². The highest BCUT2D eigenvalue weighted by molar-refractivity contribution is 7.18. The number of halogens is 3. The summed E-state index contributed by atoms with van der Waals surface area (Å²) in [6.07, 6.45) is -3.81. The van der Waals surface area contributed by atoms with Crippen LogP contribution < -0.4 is 0 Å². The van der Waals surface area contributed by atoms with Crippen molar-refractivity contribution in [2.75, 3.05) is 0 Å². The molecular weight excluding hydrogens is 235 g/mol. The molecule has 5 heteroatoms. The Labute approximate surface area is 93.9 Å². The quantitative estimate of drug-likeness (QED) is 0.740. The van der Waals surface area contributed by atoms with E-state index < -0.39 is 11.6 Å². The van der Waals surface area contributed by atoms with Crippen LogP contribution in [0.2, 0.25) is 0 Å². The third-order valence-corrected chi connectivity index (χ3v) is 4.24. The van der Waals surface area contributed by atoms with Crippen molar-refractivity contribution in [2.24, 2.45) is 0 Å². The van der Waals surface area contributed by atoms with E-state index in [1.165, 1.54) is 0 Å². The Bertz CT molecular complexity index is 506. The molecule has 0 atom stereocenters. The van der Waals surface area contributed by atoms with E-state index in [1.807, 2.05) is 12.1 Å². The maximum Gasteiger partial charge on any atom is 0.400 e. The van der Waals surface area contributed by atoms with Gasteiger partial charge in [0, 0.05) is 0 Å². The van der Waals surface area contributed by atoms with Gasteiger partial charge in [-0.25, -0.2) is 4.98 Å². The van der Waals surface area contributed by atoms with Gasteiger partial charge in [-0.3, -0.25) is 0 Å². The summed E-state index contributed by atoms with van der Waals surface area (Å²) in [6.45, 7) is 0. The third-order valence-electron chi connectivity index (χ3n) is 3.00. The highest BCUT2D eigenvalue weighted by Gasteiger charge is 2.66. The normalized spacial score (nSPS) is 18.9. The van der Waals surface area contributed by atoms with Gasteiger partial charge < -0.3 is 0 Å². The molecule has 1 aliphatic carbocycles. The second-order valence-corrected chi connectivity index (χ2v) is 5.10. The minimum Gasteiger partial charge on any atom is -0.240 e. The largest absolute Gasteiger partial charge is 0.400 e. The van der Waals surface area contributed by atoms with Crippen molar-refractivity contribution in [3.63, 3.8) is 0 Å². The molecule has 16 heavy (non-hydrogen) atoms. The van der Waals surface area contributed by atoms with Crippen LogP contribution in [0.3, 0.4) is 0 Å². The first-order valence-corrected chi connectivity index (χ1v) is 5.77. The van der Waals surface area contributed by atoms with Gasteiger partial charge in [-0.05, 0) is 25.0 Å². The predicted octanol–water partition coefficient (Wildman–Crippen LogP) is 3.89. The molecule has 0 saturated heterocycles. The van der Waals surface area contributed by atoms with E-state index in [2.05, 4.69) is 4.98 Å². The number of alkyl halides is 3. The van der Waals surface area contributed by atoms with E-state index in [0.29, 0.717) is 5.52 Å². The van der Waals surface area contributed by atoms with Crippen LogP contribution in [0.15, 0.2) is 24.3 Å². The molecule has 1 saturated carbocycles. The number of hydrogen-bond acceptors (Lipinski definition) is 2. The van der Waals surface area contributed by atoms with Crippen molar-refractivity contribution in [1.82, 2.24) is 4.98 Å². The molecule has 0 N–H and O–H groups in total. The van der Waals surface area contributed by atoms with Crippen LogP contribution in [-0.2, 0) is 5.41 Å². The minimum absolute atomic E-state index is 0.177. The van der Waals surface area contributed by atoms with Gasteiger partial charge in [-0.2, -0.15) is 13.2 Å². The van der Waals surface area contributed by atoms with Gasteiger partial charge in [0.05, 0.1) is 10.2 Å². The standard InChI is InChI=1S/C11H8F3NS/c12-11(13,14)10(5-6-10)9-15-7-3-1-2-4-8(7)16-9/h1-4H,5-6H2. The van der Waals surface area contributed by atoms with E-state index in [-0.39, 0.29) is 17.8 Å². The van der Waals surface area contributed by atoms with Crippen LogP contribution in [-0.4, -0.2) is 11.2 Å². The predicted molar refractivity (Wildman–Crippen MR) is 56.6 cm³/mol. The fourth-order valence-electron chi connectivity index (χ4n) is 1.82. The number of rotatable bonds is 1. The van der Waals surface area contributed by atoms with E-state index in [4.69, 9.17) is 0 Å². The van der Waals surface area contributed by atoms with Gasteiger partial charge in [0.15, 0.2) is 0 Å². The van der Waals surface area contributed by atoms with E-state index >= 15 is 0 Å². The molecule has 0 aliphatic heterocycles. The molecule has 1 fully saturated rings. The lowest BCUT2D eigenvalue weighted by molar-refractivity contribution is -0.160. The molecule has 0 amide bonds. The molecule has 1 aliphatic rings. The Hall–Kier alpha value is -1.10. The second-order valence-electron chi connectivity index (χ2n) is 4.07. The van der Waals surface area contributed by atoms with Gasteiger partial charge in [-0.1, -0.05) is 12.1 Å². The third kappa shape index (κ3) is 1.27. The average molecular weight is 243 g/mol. The number of hydrogen-bond donors (Lipinski definition) is 0. The fraction of sp³-hybridized carbons (Fsp3) is 0.364. The topological polar surface area (TPSA) is 12.9 Å². The molecule has 1 aromatic heterocycles. The first-order valence-electron chi connectivity index (χ1n) is 4.96. The summed E-state index contributed by atoms with van der Waals surface area (Å²) < 4.78 is 39.5. The van der Waals surface area contributed by atoms with E-state index in [0.717, 1.165) is 16.0 Å². The molecule has 0 spiro atoms. The molecule has 2 aromatic rings. The van der Waals surface area contributed by atoms with Gasteiger partial charge in [0.1, 0.15) is 10.4 Å². The summed E-state index contributed by atoms with van der Waals surface area (Å²) in [6, 6.07) is 7.17. The van der Waals surface area contributed by atoms with Crippen molar-refractivity contribution >= 4 is 21.6 Å². The van der Waals surface area contributed by atoms with E-state index in [1.54, 1.807) is 12.1 Å². The highest BCUT2D eigenvalue weighted by Crippen LogP contribution is 2.59. The van der Waals surface area contributed by atoms with Crippen molar-refractivity contribution in [2.45, 2.75) is 24.4 Å². The molecule has 0 radical (unpaired) electrons. The zero-order chi connectivity index (χ0) is 11.4. The van der Waals surface area contributed by atoms with Crippen molar-refractivity contribution in [3.05, 3.63) is 29.3 Å². The Morgan fingerprint density at radius 1 is 1.19 bits per heavy atom. The molecule has 1 aromatic carbocycles. The summed E-state index contributed by atoms with van der Waals surface area (Å²) in [5.74, 6) is 0. The number of para-hydroxylation sites is 1. The van der Waals surface area contributed by atoms with Crippen LogP contribution in [0.1, 0.15) is 17.8 Å². The van der Waals surface area contributed by atoms with Crippen LogP contribution in [0.5, 0.6) is 0 Å². The maximum atomic E-state index is 12.9. The average Bonchev–Trinajstić information content (AvgIpc) is 2.92. The van der Waals surface area contributed by atoms with Crippen molar-refractivity contribution < 1.29 is 13.2 Å². The number of nitrogens with zero attached hydrogens (tertiary/aromatic N) is 1. The Morgan fingerprint density at radius 3 is 2.44 bits per heavy atom. The molecule has 0 unspecified atom stereocenters.